The number of anilines is 3. The molecule has 0 aliphatic carbocycles. The van der Waals surface area contributed by atoms with E-state index in [0.29, 0.717) is 10.9 Å². The fourth-order valence-electron chi connectivity index (χ4n) is 3.67. The molecule has 0 N–H and O–H groups in total. The van der Waals surface area contributed by atoms with E-state index in [1.165, 1.54) is 0 Å². The van der Waals surface area contributed by atoms with Gasteiger partial charge in [-0.25, -0.2) is 5.01 Å². The number of carbonyl (C=O) groups excluding carboxylic acids is 1. The predicted molar refractivity (Wildman–Crippen MR) is 129 cm³/mol. The van der Waals surface area contributed by atoms with E-state index < -0.39 is 0 Å². The summed E-state index contributed by atoms with van der Waals surface area (Å²) in [6.45, 7) is 3.60. The minimum Gasteiger partial charge on any atom is -0.378 e. The maximum Gasteiger partial charge on any atom is 0.198 e. The molecule has 0 aromatic heterocycles. The molecule has 3 aromatic rings. The third-order valence-electron chi connectivity index (χ3n) is 5.33. The number of aryl methyl sites for hydroxylation is 1. The lowest BCUT2D eigenvalue weighted by Gasteiger charge is -2.32. The van der Waals surface area contributed by atoms with E-state index >= 15 is 0 Å². The van der Waals surface area contributed by atoms with E-state index in [1.54, 1.807) is 6.92 Å². The van der Waals surface area contributed by atoms with E-state index in [1.807, 2.05) is 79.5 Å². The zero-order valence-electron chi connectivity index (χ0n) is 18.1. The number of Topliss-reactive ketones (excluding diaryl/α,β-unsaturated/α-hetero) is 1. The molecule has 0 bridgehead atoms. The number of rotatable bonds is 5. The van der Waals surface area contributed by atoms with Crippen LogP contribution in [0.2, 0.25) is 5.02 Å². The van der Waals surface area contributed by atoms with Crippen LogP contribution in [0.1, 0.15) is 24.2 Å². The summed E-state index contributed by atoms with van der Waals surface area (Å²) in [5.41, 5.74) is 5.07. The van der Waals surface area contributed by atoms with Gasteiger partial charge in [0.15, 0.2) is 17.8 Å². The van der Waals surface area contributed by atoms with Crippen molar-refractivity contribution in [3.63, 3.8) is 0 Å². The van der Waals surface area contributed by atoms with Crippen LogP contribution in [0.3, 0.4) is 0 Å². The maximum atomic E-state index is 12.6. The van der Waals surface area contributed by atoms with E-state index in [9.17, 15) is 4.79 Å². The number of amidine groups is 1. The number of nitrogens with zero attached hydrogens (tertiary/aromatic N) is 4. The molecule has 5 nitrogen and oxygen atoms in total. The fraction of sp³-hybridized carbons (Fsp3) is 0.200. The van der Waals surface area contributed by atoms with Crippen molar-refractivity contribution < 1.29 is 4.79 Å². The van der Waals surface area contributed by atoms with E-state index in [2.05, 4.69) is 29.2 Å². The highest BCUT2D eigenvalue weighted by atomic mass is 35.5. The van der Waals surface area contributed by atoms with Gasteiger partial charge < -0.3 is 4.90 Å². The molecule has 1 atom stereocenters. The molecule has 0 spiro atoms. The van der Waals surface area contributed by atoms with Crippen molar-refractivity contribution in [1.82, 2.24) is 0 Å². The monoisotopic (exact) mass is 432 g/mol. The summed E-state index contributed by atoms with van der Waals surface area (Å²) < 4.78 is 0. The zero-order chi connectivity index (χ0) is 22.1. The number of hydrogen-bond donors (Lipinski definition) is 0. The van der Waals surface area contributed by atoms with Crippen molar-refractivity contribution in [2.45, 2.75) is 20.0 Å². The number of carbonyl (C=O) groups is 1. The molecule has 0 unspecified atom stereocenters. The van der Waals surface area contributed by atoms with Gasteiger partial charge >= 0.3 is 0 Å². The van der Waals surface area contributed by atoms with Crippen LogP contribution in [0, 0.1) is 6.92 Å². The lowest BCUT2D eigenvalue weighted by atomic mass is 10.1. The van der Waals surface area contributed by atoms with Gasteiger partial charge in [-0.15, -0.1) is 5.10 Å². The van der Waals surface area contributed by atoms with Crippen LogP contribution >= 0.6 is 11.6 Å². The molecule has 158 valence electrons. The first-order valence-electron chi connectivity index (χ1n) is 10.1. The van der Waals surface area contributed by atoms with Crippen LogP contribution in [0.25, 0.3) is 0 Å². The normalized spacial score (nSPS) is 15.8. The van der Waals surface area contributed by atoms with Crippen molar-refractivity contribution >= 4 is 40.3 Å². The van der Waals surface area contributed by atoms with Crippen LogP contribution in [-0.2, 0) is 4.79 Å². The highest BCUT2D eigenvalue weighted by Crippen LogP contribution is 2.39. The third-order valence-corrected chi connectivity index (χ3v) is 5.58. The van der Waals surface area contributed by atoms with Crippen LogP contribution in [0.4, 0.5) is 17.1 Å². The second-order valence-corrected chi connectivity index (χ2v) is 8.30. The highest BCUT2D eigenvalue weighted by Gasteiger charge is 2.39. The van der Waals surface area contributed by atoms with Crippen molar-refractivity contribution in [1.29, 1.82) is 0 Å². The van der Waals surface area contributed by atoms with Gasteiger partial charge in [-0.05, 0) is 61.0 Å². The van der Waals surface area contributed by atoms with Crippen molar-refractivity contribution in [2.24, 2.45) is 5.10 Å². The SMILES string of the molecule is CC(=O)C1=NN(c2ccc(Cl)cc2)[C@H](c2ccc(N(C)C)cc2)N1c1ccc(C)cc1. The number of ketones is 1. The van der Waals surface area contributed by atoms with Gasteiger partial charge in [-0.1, -0.05) is 41.4 Å². The molecule has 0 saturated heterocycles. The van der Waals surface area contributed by atoms with Crippen LogP contribution in [0.5, 0.6) is 0 Å². The molecule has 31 heavy (non-hydrogen) atoms. The lowest BCUT2D eigenvalue weighted by molar-refractivity contribution is -0.111. The Morgan fingerprint density at radius 2 is 1.48 bits per heavy atom. The second-order valence-electron chi connectivity index (χ2n) is 7.87. The maximum absolute atomic E-state index is 12.6. The molecule has 0 amide bonds. The summed E-state index contributed by atoms with van der Waals surface area (Å²) in [7, 11) is 4.03. The van der Waals surface area contributed by atoms with E-state index in [-0.39, 0.29) is 11.9 Å². The molecule has 4 rings (SSSR count). The van der Waals surface area contributed by atoms with Crippen molar-refractivity contribution in [2.75, 3.05) is 28.9 Å². The minimum atomic E-state index is -0.306. The largest absolute Gasteiger partial charge is 0.378 e. The predicted octanol–water partition coefficient (Wildman–Crippen LogP) is 5.64. The summed E-state index contributed by atoms with van der Waals surface area (Å²) in [6, 6.07) is 24.0. The summed E-state index contributed by atoms with van der Waals surface area (Å²) in [5, 5.41) is 7.30. The Morgan fingerprint density at radius 1 is 0.903 bits per heavy atom. The Kier molecular flexibility index (Phi) is 5.70. The molecule has 0 fully saturated rings. The third kappa shape index (κ3) is 4.14. The first-order chi connectivity index (χ1) is 14.8. The Labute approximate surface area is 188 Å². The van der Waals surface area contributed by atoms with Gasteiger partial charge in [0.05, 0.1) is 5.69 Å². The van der Waals surface area contributed by atoms with E-state index in [0.717, 1.165) is 28.2 Å². The average molecular weight is 433 g/mol. The van der Waals surface area contributed by atoms with Gasteiger partial charge in [-0.3, -0.25) is 9.69 Å². The fourth-order valence-corrected chi connectivity index (χ4v) is 3.79. The Balaban J connectivity index is 1.87. The van der Waals surface area contributed by atoms with Crippen LogP contribution in [0.15, 0.2) is 77.9 Å². The molecule has 1 aliphatic rings. The zero-order valence-corrected chi connectivity index (χ0v) is 18.8. The number of hydrazone groups is 1. The van der Waals surface area contributed by atoms with Crippen LogP contribution < -0.4 is 14.8 Å². The van der Waals surface area contributed by atoms with Gasteiger partial charge in [-0.2, -0.15) is 0 Å². The Hall–Kier alpha value is -3.31. The quantitative estimate of drug-likeness (QED) is 0.522. The number of halogens is 1. The standard InChI is InChI=1S/C25H25ClN4O/c1-17-5-11-22(12-6-17)29-24(18(2)31)27-30(23-15-9-20(26)10-16-23)25(29)19-7-13-21(14-8-19)28(3)4/h5-16,25H,1-4H3/t25-/m1/s1. The molecule has 1 heterocycles. The molecule has 1 aliphatic heterocycles. The van der Waals surface area contributed by atoms with Gasteiger partial charge in [0.2, 0.25) is 0 Å². The first kappa shape index (κ1) is 20.9. The van der Waals surface area contributed by atoms with Crippen molar-refractivity contribution in [3.8, 4) is 0 Å². The molecule has 0 radical (unpaired) electrons. The number of benzene rings is 3. The lowest BCUT2D eigenvalue weighted by Crippen LogP contribution is -2.37. The Morgan fingerprint density at radius 3 is 2.03 bits per heavy atom. The second kappa shape index (κ2) is 8.44. The minimum absolute atomic E-state index is 0.0908. The molecule has 0 saturated carbocycles. The molecular weight excluding hydrogens is 408 g/mol. The first-order valence-corrected chi connectivity index (χ1v) is 10.5. The summed E-state index contributed by atoms with van der Waals surface area (Å²) in [4.78, 5) is 16.7. The average Bonchev–Trinajstić information content (AvgIpc) is 3.16. The summed E-state index contributed by atoms with van der Waals surface area (Å²) >= 11 is 6.11. The topological polar surface area (TPSA) is 39.2 Å². The van der Waals surface area contributed by atoms with Gasteiger partial charge in [0.25, 0.3) is 0 Å². The van der Waals surface area contributed by atoms with Crippen molar-refractivity contribution in [3.05, 3.63) is 88.9 Å². The Bertz CT molecular complexity index is 1110. The summed E-state index contributed by atoms with van der Waals surface area (Å²) in [5.74, 6) is 0.312. The molecular formula is C25H25ClN4O. The van der Waals surface area contributed by atoms with Crippen LogP contribution in [-0.4, -0.2) is 25.7 Å². The molecule has 3 aromatic carbocycles. The van der Waals surface area contributed by atoms with Gasteiger partial charge in [0, 0.05) is 37.4 Å². The highest BCUT2D eigenvalue weighted by molar-refractivity contribution is 6.44. The van der Waals surface area contributed by atoms with Gasteiger partial charge in [0.1, 0.15) is 0 Å². The smallest absolute Gasteiger partial charge is 0.198 e. The molecule has 6 heteroatoms. The number of hydrogen-bond acceptors (Lipinski definition) is 5. The summed E-state index contributed by atoms with van der Waals surface area (Å²) in [6.07, 6.45) is -0.306. The van der Waals surface area contributed by atoms with E-state index in [4.69, 9.17) is 16.7 Å².